The molecule has 1 amide bonds. The number of halogens is 4. The van der Waals surface area contributed by atoms with E-state index in [4.69, 9.17) is 9.84 Å². The van der Waals surface area contributed by atoms with E-state index in [1.165, 1.54) is 0 Å². The molecule has 1 aliphatic heterocycles. The molecule has 33 heavy (non-hydrogen) atoms. The summed E-state index contributed by atoms with van der Waals surface area (Å²) in [7, 11) is 0. The number of rotatable bonds is 4. The van der Waals surface area contributed by atoms with E-state index >= 15 is 0 Å². The highest BCUT2D eigenvalue weighted by molar-refractivity contribution is 6.04. The predicted molar refractivity (Wildman–Crippen MR) is 105 cm³/mol. The molecule has 4 rings (SSSR count). The molecule has 0 radical (unpaired) electrons. The van der Waals surface area contributed by atoms with Gasteiger partial charge in [-0.25, -0.2) is 4.39 Å². The summed E-state index contributed by atoms with van der Waals surface area (Å²) in [5.41, 5.74) is -2.46. The second-order valence-electron chi connectivity index (χ2n) is 7.24. The Labute approximate surface area is 181 Å². The number of aromatic hydroxyl groups is 1. The maximum absolute atomic E-state index is 14.2. The van der Waals surface area contributed by atoms with Crippen LogP contribution in [0.1, 0.15) is 27.6 Å². The fraction of sp³-hybridized carbons (Fsp3) is 0.190. The molecule has 1 aliphatic rings. The van der Waals surface area contributed by atoms with Crippen molar-refractivity contribution in [3.05, 3.63) is 69.3 Å². The number of nitrogens with one attached hydrogen (secondary N) is 1. The highest BCUT2D eigenvalue weighted by atomic mass is 19.4. The van der Waals surface area contributed by atoms with Crippen molar-refractivity contribution in [2.45, 2.75) is 18.8 Å². The molecule has 1 atom stereocenters. The average molecular weight is 466 g/mol. The SMILES string of the molecule is O=C(O)CNC(=O)c1c(O)c2cc(F)cc3c2n(c1=O)CC(c1ccc(C(F)(F)F)cc1)O3. The van der Waals surface area contributed by atoms with E-state index < -0.39 is 59.0 Å². The molecule has 0 spiro atoms. The lowest BCUT2D eigenvalue weighted by Crippen LogP contribution is -2.38. The maximum atomic E-state index is 14.2. The molecular weight excluding hydrogens is 452 g/mol. The van der Waals surface area contributed by atoms with Gasteiger partial charge < -0.3 is 20.3 Å². The summed E-state index contributed by atoms with van der Waals surface area (Å²) in [6.45, 7) is -1.10. The summed E-state index contributed by atoms with van der Waals surface area (Å²) in [5, 5.41) is 21.0. The Morgan fingerprint density at radius 3 is 2.45 bits per heavy atom. The number of aliphatic carboxylic acids is 1. The highest BCUT2D eigenvalue weighted by Gasteiger charge is 2.33. The van der Waals surface area contributed by atoms with E-state index in [0.29, 0.717) is 0 Å². The van der Waals surface area contributed by atoms with Gasteiger partial charge in [0.05, 0.1) is 17.6 Å². The molecule has 12 heteroatoms. The van der Waals surface area contributed by atoms with Gasteiger partial charge in [0.25, 0.3) is 11.5 Å². The molecule has 1 unspecified atom stereocenters. The molecule has 172 valence electrons. The summed E-state index contributed by atoms with van der Waals surface area (Å²) >= 11 is 0. The molecule has 8 nitrogen and oxygen atoms in total. The van der Waals surface area contributed by atoms with Crippen LogP contribution in [0.15, 0.2) is 41.2 Å². The van der Waals surface area contributed by atoms with Crippen LogP contribution in [0.4, 0.5) is 17.6 Å². The largest absolute Gasteiger partial charge is 0.506 e. The van der Waals surface area contributed by atoms with Crippen molar-refractivity contribution in [3.63, 3.8) is 0 Å². The summed E-state index contributed by atoms with van der Waals surface area (Å²) in [6, 6.07) is 5.79. The van der Waals surface area contributed by atoms with Gasteiger partial charge in [-0.1, -0.05) is 12.1 Å². The first kappa shape index (κ1) is 22.1. The van der Waals surface area contributed by atoms with Gasteiger partial charge in [-0.3, -0.25) is 19.0 Å². The number of carboxylic acid groups (broad SMARTS) is 1. The first-order chi connectivity index (χ1) is 15.5. The van der Waals surface area contributed by atoms with Gasteiger partial charge in [0.2, 0.25) is 0 Å². The zero-order valence-corrected chi connectivity index (χ0v) is 16.4. The van der Waals surface area contributed by atoms with Gasteiger partial charge in [-0.2, -0.15) is 13.2 Å². The van der Waals surface area contributed by atoms with Crippen molar-refractivity contribution in [1.82, 2.24) is 9.88 Å². The summed E-state index contributed by atoms with van der Waals surface area (Å²) in [4.78, 5) is 36.2. The Bertz CT molecular complexity index is 1350. The van der Waals surface area contributed by atoms with Crippen molar-refractivity contribution < 1.29 is 42.1 Å². The quantitative estimate of drug-likeness (QED) is 0.509. The Hall–Kier alpha value is -4.09. The van der Waals surface area contributed by atoms with E-state index in [2.05, 4.69) is 0 Å². The number of aromatic nitrogens is 1. The fourth-order valence-corrected chi connectivity index (χ4v) is 3.64. The molecular formula is C21H14F4N2O6. The second kappa shape index (κ2) is 7.80. The van der Waals surface area contributed by atoms with Crippen LogP contribution in [0.2, 0.25) is 0 Å². The molecule has 2 aromatic carbocycles. The number of nitrogens with zero attached hydrogens (tertiary/aromatic N) is 1. The van der Waals surface area contributed by atoms with Crippen LogP contribution >= 0.6 is 0 Å². The Morgan fingerprint density at radius 2 is 1.85 bits per heavy atom. The molecule has 1 aromatic heterocycles. The van der Waals surface area contributed by atoms with Gasteiger partial charge in [-0.15, -0.1) is 0 Å². The molecule has 0 fully saturated rings. The Kier molecular flexibility index (Phi) is 5.23. The van der Waals surface area contributed by atoms with Gasteiger partial charge in [-0.05, 0) is 23.8 Å². The predicted octanol–water partition coefficient (Wildman–Crippen LogP) is 2.81. The molecule has 3 aromatic rings. The number of pyridine rings is 1. The second-order valence-corrected chi connectivity index (χ2v) is 7.24. The lowest BCUT2D eigenvalue weighted by Gasteiger charge is -2.29. The average Bonchev–Trinajstić information content (AvgIpc) is 2.74. The van der Waals surface area contributed by atoms with Crippen molar-refractivity contribution in [1.29, 1.82) is 0 Å². The van der Waals surface area contributed by atoms with Crippen molar-refractivity contribution >= 4 is 22.8 Å². The number of carbonyl (C=O) groups excluding carboxylic acids is 1. The van der Waals surface area contributed by atoms with Crippen LogP contribution in [-0.4, -0.2) is 33.2 Å². The normalized spacial score (nSPS) is 15.2. The van der Waals surface area contributed by atoms with Gasteiger partial charge >= 0.3 is 12.1 Å². The van der Waals surface area contributed by atoms with Crippen molar-refractivity contribution in [2.75, 3.05) is 6.54 Å². The van der Waals surface area contributed by atoms with E-state index in [1.54, 1.807) is 0 Å². The van der Waals surface area contributed by atoms with E-state index in [-0.39, 0.29) is 28.8 Å². The Balaban J connectivity index is 1.83. The zero-order chi connectivity index (χ0) is 24.1. The minimum Gasteiger partial charge on any atom is -0.506 e. The third-order valence-corrected chi connectivity index (χ3v) is 5.12. The summed E-state index contributed by atoms with van der Waals surface area (Å²) in [6.07, 6.45) is -5.57. The molecule has 3 N–H and O–H groups in total. The minimum atomic E-state index is -4.56. The number of alkyl halides is 3. The molecule has 0 saturated heterocycles. The number of carbonyl (C=O) groups is 2. The van der Waals surface area contributed by atoms with Crippen LogP contribution < -0.4 is 15.6 Å². The molecule has 0 saturated carbocycles. The van der Waals surface area contributed by atoms with Gasteiger partial charge in [0, 0.05) is 11.5 Å². The van der Waals surface area contributed by atoms with Crippen molar-refractivity contribution in [2.24, 2.45) is 0 Å². The molecule has 0 bridgehead atoms. The third kappa shape index (κ3) is 3.95. The van der Waals surface area contributed by atoms with Crippen LogP contribution in [0.5, 0.6) is 11.5 Å². The van der Waals surface area contributed by atoms with Crippen molar-refractivity contribution in [3.8, 4) is 11.5 Å². The lowest BCUT2D eigenvalue weighted by molar-refractivity contribution is -0.138. The van der Waals surface area contributed by atoms with E-state index in [0.717, 1.165) is 41.0 Å². The van der Waals surface area contributed by atoms with Crippen LogP contribution in [-0.2, 0) is 17.5 Å². The standard InChI is InChI=1S/C21H14F4N2O6/c22-11-5-12-17-13(6-11)33-14(9-1-3-10(4-2-9)21(23,24)25)8-27(17)20(32)16(18(12)30)19(31)26-7-15(28)29/h1-6,14,30H,7-8H2,(H,26,31)(H,28,29). The first-order valence-electron chi connectivity index (χ1n) is 9.40. The first-order valence-corrected chi connectivity index (χ1v) is 9.40. The smallest absolute Gasteiger partial charge is 0.416 e. The molecule has 0 aliphatic carbocycles. The number of hydrogen-bond acceptors (Lipinski definition) is 5. The third-order valence-electron chi connectivity index (χ3n) is 5.12. The highest BCUT2D eigenvalue weighted by Crippen LogP contribution is 2.40. The number of ether oxygens (including phenoxy) is 1. The topological polar surface area (TPSA) is 118 Å². The maximum Gasteiger partial charge on any atom is 0.416 e. The van der Waals surface area contributed by atoms with Gasteiger partial charge in [0.1, 0.15) is 35.5 Å². The number of carboxylic acids is 1. The van der Waals surface area contributed by atoms with Crippen LogP contribution in [0.25, 0.3) is 10.9 Å². The van der Waals surface area contributed by atoms with Crippen LogP contribution in [0.3, 0.4) is 0 Å². The monoisotopic (exact) mass is 466 g/mol. The zero-order valence-electron chi connectivity index (χ0n) is 16.4. The summed E-state index contributed by atoms with van der Waals surface area (Å²) < 4.78 is 59.6. The fourth-order valence-electron chi connectivity index (χ4n) is 3.64. The summed E-state index contributed by atoms with van der Waals surface area (Å²) in [5.74, 6) is -4.47. The number of hydrogen-bond donors (Lipinski definition) is 3. The lowest BCUT2D eigenvalue weighted by atomic mass is 10.0. The number of amides is 1. The Morgan fingerprint density at radius 1 is 1.18 bits per heavy atom. The minimum absolute atomic E-state index is 0.0168. The van der Waals surface area contributed by atoms with Gasteiger partial charge in [0.15, 0.2) is 0 Å². The van der Waals surface area contributed by atoms with E-state index in [9.17, 15) is 37.1 Å². The van der Waals surface area contributed by atoms with E-state index in [1.807, 2.05) is 5.32 Å². The molecule has 2 heterocycles. The number of benzene rings is 2. The van der Waals surface area contributed by atoms with Crippen LogP contribution in [0, 0.1) is 5.82 Å².